The summed E-state index contributed by atoms with van der Waals surface area (Å²) in [6.45, 7) is 6.51. The lowest BCUT2D eigenvalue weighted by Crippen LogP contribution is -2.25. The highest BCUT2D eigenvalue weighted by molar-refractivity contribution is 7.45. The molecule has 3 atom stereocenters. The minimum atomic E-state index is -1.91. The van der Waals surface area contributed by atoms with Gasteiger partial charge < -0.3 is 14.0 Å². The van der Waals surface area contributed by atoms with Crippen molar-refractivity contribution in [2.24, 2.45) is 11.8 Å². The molecule has 1 aliphatic rings. The second-order valence-corrected chi connectivity index (χ2v) is 8.11. The van der Waals surface area contributed by atoms with Crippen molar-refractivity contribution in [3.63, 3.8) is 0 Å². The minimum Gasteiger partial charge on any atom is -0.466 e. The van der Waals surface area contributed by atoms with Crippen LogP contribution in [0.25, 0.3) is 0 Å². The molecule has 124 valence electrons. The zero-order chi connectivity index (χ0) is 15.7. The minimum absolute atomic E-state index is 0.176. The van der Waals surface area contributed by atoms with E-state index in [2.05, 4.69) is 0 Å². The number of hydrogen-bond acceptors (Lipinski definition) is 4. The normalized spacial score (nSPS) is 20.7. The fourth-order valence-corrected chi connectivity index (χ4v) is 4.60. The van der Waals surface area contributed by atoms with E-state index in [-0.39, 0.29) is 17.7 Å². The van der Waals surface area contributed by atoms with Gasteiger partial charge >= 0.3 is 5.97 Å². The molecule has 1 fully saturated rings. The van der Waals surface area contributed by atoms with Gasteiger partial charge in [-0.15, -0.1) is 0 Å². The zero-order valence-corrected chi connectivity index (χ0v) is 14.7. The summed E-state index contributed by atoms with van der Waals surface area (Å²) >= 11 is 0. The lowest BCUT2D eigenvalue weighted by Gasteiger charge is -2.26. The van der Waals surface area contributed by atoms with E-state index < -0.39 is 7.80 Å². The van der Waals surface area contributed by atoms with Crippen LogP contribution in [0, 0.1) is 11.8 Å². The summed E-state index contributed by atoms with van der Waals surface area (Å²) < 4.78 is 22.9. The second kappa shape index (κ2) is 10.4. The molecule has 1 rings (SSSR count). The van der Waals surface area contributed by atoms with Crippen LogP contribution in [-0.4, -0.2) is 31.2 Å². The van der Waals surface area contributed by atoms with Gasteiger partial charge in [-0.25, -0.2) is 0 Å². The second-order valence-electron chi connectivity index (χ2n) is 5.96. The quantitative estimate of drug-likeness (QED) is 0.475. The molecular formula is C16H31O4P. The van der Waals surface area contributed by atoms with Gasteiger partial charge in [-0.1, -0.05) is 32.1 Å². The lowest BCUT2D eigenvalue weighted by molar-refractivity contribution is -0.147. The van der Waals surface area contributed by atoms with Gasteiger partial charge in [0, 0.05) is 12.8 Å². The van der Waals surface area contributed by atoms with Crippen molar-refractivity contribution in [1.29, 1.82) is 0 Å². The molecular weight excluding hydrogens is 287 g/mol. The topological polar surface area (TPSA) is 52.6 Å². The summed E-state index contributed by atoms with van der Waals surface area (Å²) in [5, 5.41) is 0. The Labute approximate surface area is 129 Å². The van der Waals surface area contributed by atoms with Gasteiger partial charge in [0.15, 0.2) is 0 Å². The molecule has 0 heterocycles. The zero-order valence-electron chi connectivity index (χ0n) is 13.7. The van der Waals surface area contributed by atoms with Gasteiger partial charge in [-0.2, -0.15) is 0 Å². The van der Waals surface area contributed by atoms with Crippen LogP contribution < -0.4 is 0 Å². The SMILES string of the molecule is CCOC(=O)C(CC1CCCCC1)C[PH](=O)C(C)OCC. The number of carbonyl (C=O) groups excluding carboxylic acids is 1. The van der Waals surface area contributed by atoms with E-state index in [0.29, 0.717) is 25.3 Å². The smallest absolute Gasteiger partial charge is 0.309 e. The van der Waals surface area contributed by atoms with Crippen LogP contribution >= 0.6 is 7.80 Å². The van der Waals surface area contributed by atoms with Gasteiger partial charge in [-0.05, 0) is 33.1 Å². The summed E-state index contributed by atoms with van der Waals surface area (Å²) in [6.07, 6.45) is 7.46. The van der Waals surface area contributed by atoms with E-state index in [1.807, 2.05) is 20.8 Å². The van der Waals surface area contributed by atoms with Crippen LogP contribution in [0.15, 0.2) is 0 Å². The van der Waals surface area contributed by atoms with Gasteiger partial charge in [-0.3, -0.25) is 4.79 Å². The predicted octanol–water partition coefficient (Wildman–Crippen LogP) is 4.08. The molecule has 1 aliphatic carbocycles. The Bertz CT molecular complexity index is 326. The standard InChI is InChI=1S/C16H31O4P/c1-4-19-13(3)21(18)12-15(16(17)20-5-2)11-14-9-7-6-8-10-14/h13-15,21H,4-12H2,1-3H3. The van der Waals surface area contributed by atoms with Crippen LogP contribution in [-0.2, 0) is 18.8 Å². The first-order valence-electron chi connectivity index (χ1n) is 8.39. The number of ether oxygens (including phenoxy) is 2. The molecule has 0 saturated heterocycles. The Hall–Kier alpha value is -0.340. The van der Waals surface area contributed by atoms with Crippen molar-refractivity contribution in [1.82, 2.24) is 0 Å². The Morgan fingerprint density at radius 2 is 1.86 bits per heavy atom. The van der Waals surface area contributed by atoms with Crippen molar-refractivity contribution >= 4 is 13.8 Å². The maximum atomic E-state index is 12.3. The van der Waals surface area contributed by atoms with E-state index in [0.717, 1.165) is 6.42 Å². The van der Waals surface area contributed by atoms with Crippen molar-refractivity contribution in [3.05, 3.63) is 0 Å². The van der Waals surface area contributed by atoms with Crippen LogP contribution in [0.5, 0.6) is 0 Å². The Balaban J connectivity index is 2.58. The van der Waals surface area contributed by atoms with Gasteiger partial charge in [0.2, 0.25) is 0 Å². The summed E-state index contributed by atoms with van der Waals surface area (Å²) in [4.78, 5) is 12.1. The van der Waals surface area contributed by atoms with E-state index in [1.165, 1.54) is 32.1 Å². The highest BCUT2D eigenvalue weighted by Crippen LogP contribution is 2.36. The Morgan fingerprint density at radius 3 is 2.43 bits per heavy atom. The lowest BCUT2D eigenvalue weighted by atomic mass is 9.83. The average Bonchev–Trinajstić information content (AvgIpc) is 2.48. The van der Waals surface area contributed by atoms with Gasteiger partial charge in [0.25, 0.3) is 0 Å². The van der Waals surface area contributed by atoms with E-state index in [4.69, 9.17) is 9.47 Å². The van der Waals surface area contributed by atoms with E-state index in [1.54, 1.807) is 0 Å². The Kier molecular flexibility index (Phi) is 9.26. The Morgan fingerprint density at radius 1 is 1.19 bits per heavy atom. The number of hydrogen-bond donors (Lipinski definition) is 0. The fourth-order valence-electron chi connectivity index (χ4n) is 3.10. The van der Waals surface area contributed by atoms with E-state index >= 15 is 0 Å². The molecule has 0 bridgehead atoms. The third-order valence-corrected chi connectivity index (χ3v) is 6.25. The first-order chi connectivity index (χ1) is 10.1. The van der Waals surface area contributed by atoms with E-state index in [9.17, 15) is 9.36 Å². The number of esters is 1. The summed E-state index contributed by atoms with van der Waals surface area (Å²) in [5.74, 6) is -0.0545. The highest BCUT2D eigenvalue weighted by Gasteiger charge is 2.28. The van der Waals surface area contributed by atoms with Gasteiger partial charge in [0.05, 0.1) is 12.5 Å². The molecule has 0 aromatic heterocycles. The van der Waals surface area contributed by atoms with Crippen LogP contribution in [0.2, 0.25) is 0 Å². The first-order valence-corrected chi connectivity index (χ1v) is 10.1. The van der Waals surface area contributed by atoms with Crippen molar-refractivity contribution < 1.29 is 18.8 Å². The van der Waals surface area contributed by atoms with Crippen LogP contribution in [0.3, 0.4) is 0 Å². The molecule has 0 spiro atoms. The largest absolute Gasteiger partial charge is 0.466 e. The van der Waals surface area contributed by atoms with Crippen LogP contribution in [0.1, 0.15) is 59.3 Å². The van der Waals surface area contributed by atoms with Gasteiger partial charge in [0.1, 0.15) is 13.6 Å². The monoisotopic (exact) mass is 318 g/mol. The molecule has 4 nitrogen and oxygen atoms in total. The van der Waals surface area contributed by atoms with Crippen LogP contribution in [0.4, 0.5) is 0 Å². The molecule has 0 radical (unpaired) electrons. The molecule has 0 N–H and O–H groups in total. The maximum absolute atomic E-state index is 12.3. The molecule has 21 heavy (non-hydrogen) atoms. The van der Waals surface area contributed by atoms with Crippen molar-refractivity contribution in [2.75, 3.05) is 19.4 Å². The number of carbonyl (C=O) groups is 1. The first kappa shape index (κ1) is 18.7. The molecule has 0 aromatic rings. The average molecular weight is 318 g/mol. The summed E-state index contributed by atoms with van der Waals surface area (Å²) in [6, 6.07) is 0. The highest BCUT2D eigenvalue weighted by atomic mass is 31.1. The third kappa shape index (κ3) is 6.97. The maximum Gasteiger partial charge on any atom is 0.309 e. The number of rotatable bonds is 9. The van der Waals surface area contributed by atoms with Crippen molar-refractivity contribution in [3.8, 4) is 0 Å². The summed E-state index contributed by atoms with van der Waals surface area (Å²) in [5.41, 5.74) is 0. The fraction of sp³-hybridized carbons (Fsp3) is 0.938. The molecule has 0 amide bonds. The molecule has 0 aromatic carbocycles. The summed E-state index contributed by atoms with van der Waals surface area (Å²) in [7, 11) is -1.91. The predicted molar refractivity (Wildman–Crippen MR) is 86.3 cm³/mol. The molecule has 5 heteroatoms. The molecule has 1 saturated carbocycles. The third-order valence-electron chi connectivity index (χ3n) is 4.28. The molecule has 3 unspecified atom stereocenters. The van der Waals surface area contributed by atoms with Crippen molar-refractivity contribution in [2.45, 2.75) is 65.1 Å². The molecule has 0 aliphatic heterocycles.